The quantitative estimate of drug-likeness (QED) is 0.650. The molecule has 0 aromatic heterocycles. The summed E-state index contributed by atoms with van der Waals surface area (Å²) in [4.78, 5) is 2.50. The van der Waals surface area contributed by atoms with Gasteiger partial charge in [0.1, 0.15) is 0 Å². The lowest BCUT2D eigenvalue weighted by Crippen LogP contribution is -2.41. The fraction of sp³-hybridized carbons (Fsp3) is 1.00. The summed E-state index contributed by atoms with van der Waals surface area (Å²) in [5, 5.41) is 0. The molecule has 1 unspecified atom stereocenters. The van der Waals surface area contributed by atoms with E-state index in [2.05, 4.69) is 46.4 Å². The predicted molar refractivity (Wildman–Crippen MR) is 92.4 cm³/mol. The number of hydrogen-bond donors (Lipinski definition) is 2. The van der Waals surface area contributed by atoms with E-state index in [-0.39, 0.29) is 11.0 Å². The zero-order valence-electron chi connectivity index (χ0n) is 15.2. The zero-order valence-corrected chi connectivity index (χ0v) is 15.2. The Bertz CT molecular complexity index is 248. The van der Waals surface area contributed by atoms with Gasteiger partial charge in [0.25, 0.3) is 0 Å². The van der Waals surface area contributed by atoms with Gasteiger partial charge in [-0.3, -0.25) is 0 Å². The fourth-order valence-electron chi connectivity index (χ4n) is 2.16. The summed E-state index contributed by atoms with van der Waals surface area (Å²) in [6.07, 6.45) is 2.09. The van der Waals surface area contributed by atoms with Crippen molar-refractivity contribution < 1.29 is 4.74 Å². The summed E-state index contributed by atoms with van der Waals surface area (Å²) in [7, 11) is 0. The van der Waals surface area contributed by atoms with Crippen LogP contribution in [0, 0.1) is 11.3 Å². The highest BCUT2D eigenvalue weighted by molar-refractivity contribution is 4.79. The molecule has 0 aromatic rings. The van der Waals surface area contributed by atoms with E-state index in [4.69, 9.17) is 16.2 Å². The second kappa shape index (κ2) is 9.78. The highest BCUT2D eigenvalue weighted by atomic mass is 16.5. The van der Waals surface area contributed by atoms with Gasteiger partial charge in [-0.15, -0.1) is 0 Å². The third kappa shape index (κ3) is 11.1. The Labute approximate surface area is 132 Å². The van der Waals surface area contributed by atoms with Crippen molar-refractivity contribution in [2.24, 2.45) is 22.8 Å². The average molecular weight is 302 g/mol. The van der Waals surface area contributed by atoms with Crippen LogP contribution < -0.4 is 11.5 Å². The molecular formula is C17H39N3O. The number of hydrogen-bond acceptors (Lipinski definition) is 4. The Hall–Kier alpha value is -0.160. The molecule has 21 heavy (non-hydrogen) atoms. The molecule has 0 heterocycles. The first kappa shape index (κ1) is 20.8. The lowest BCUT2D eigenvalue weighted by atomic mass is 9.80. The number of ether oxygens (including phenoxy) is 1. The Morgan fingerprint density at radius 3 is 1.71 bits per heavy atom. The van der Waals surface area contributed by atoms with Crippen molar-refractivity contribution in [3.8, 4) is 0 Å². The van der Waals surface area contributed by atoms with Crippen molar-refractivity contribution in [3.63, 3.8) is 0 Å². The SMILES string of the molecule is CC(C)(C)OCC(CN(CCCN)CCCN)C(C)(C)C. The maximum Gasteiger partial charge on any atom is 0.0598 e. The predicted octanol–water partition coefficient (Wildman–Crippen LogP) is 2.46. The van der Waals surface area contributed by atoms with E-state index in [1.54, 1.807) is 0 Å². The number of nitrogens with two attached hydrogens (primary N) is 2. The fourth-order valence-corrected chi connectivity index (χ4v) is 2.16. The standard InChI is InChI=1S/C17H39N3O/c1-16(2,3)15(14-21-17(4,5)6)13-20(11-7-9-18)12-8-10-19/h15H,7-14,18-19H2,1-6H3. The monoisotopic (exact) mass is 301 g/mol. The van der Waals surface area contributed by atoms with Crippen molar-refractivity contribution in [1.82, 2.24) is 4.90 Å². The van der Waals surface area contributed by atoms with E-state index in [9.17, 15) is 0 Å². The van der Waals surface area contributed by atoms with Gasteiger partial charge in [0, 0.05) is 6.54 Å². The van der Waals surface area contributed by atoms with Crippen LogP contribution in [-0.2, 0) is 4.74 Å². The first-order valence-electron chi connectivity index (χ1n) is 8.36. The molecule has 0 rings (SSSR count). The summed E-state index contributed by atoms with van der Waals surface area (Å²) in [6.45, 7) is 18.7. The van der Waals surface area contributed by atoms with Crippen LogP contribution in [0.2, 0.25) is 0 Å². The topological polar surface area (TPSA) is 64.5 Å². The molecule has 128 valence electrons. The molecule has 0 aromatic carbocycles. The van der Waals surface area contributed by atoms with E-state index in [0.717, 1.165) is 52.2 Å². The van der Waals surface area contributed by atoms with Gasteiger partial charge in [0.15, 0.2) is 0 Å². The van der Waals surface area contributed by atoms with Crippen LogP contribution in [0.15, 0.2) is 0 Å². The lowest BCUT2D eigenvalue weighted by Gasteiger charge is -2.37. The third-order valence-electron chi connectivity index (χ3n) is 3.78. The Morgan fingerprint density at radius 2 is 1.38 bits per heavy atom. The molecule has 0 aliphatic heterocycles. The second-order valence-electron chi connectivity index (χ2n) is 8.07. The van der Waals surface area contributed by atoms with Gasteiger partial charge >= 0.3 is 0 Å². The molecule has 0 spiro atoms. The van der Waals surface area contributed by atoms with Crippen molar-refractivity contribution in [1.29, 1.82) is 0 Å². The van der Waals surface area contributed by atoms with E-state index in [0.29, 0.717) is 5.92 Å². The lowest BCUT2D eigenvalue weighted by molar-refractivity contribution is -0.0488. The zero-order chi connectivity index (χ0) is 16.5. The molecule has 4 nitrogen and oxygen atoms in total. The summed E-state index contributed by atoms with van der Waals surface area (Å²) < 4.78 is 6.05. The van der Waals surface area contributed by atoms with Gasteiger partial charge < -0.3 is 21.1 Å². The summed E-state index contributed by atoms with van der Waals surface area (Å²) >= 11 is 0. The first-order valence-corrected chi connectivity index (χ1v) is 8.36. The van der Waals surface area contributed by atoms with Gasteiger partial charge in [-0.25, -0.2) is 0 Å². The Kier molecular flexibility index (Phi) is 9.70. The summed E-state index contributed by atoms with van der Waals surface area (Å²) in [6, 6.07) is 0. The first-order chi connectivity index (χ1) is 9.60. The number of nitrogens with zero attached hydrogens (tertiary/aromatic N) is 1. The summed E-state index contributed by atoms with van der Waals surface area (Å²) in [5.41, 5.74) is 11.5. The van der Waals surface area contributed by atoms with Crippen LogP contribution in [0.3, 0.4) is 0 Å². The smallest absolute Gasteiger partial charge is 0.0598 e. The molecular weight excluding hydrogens is 262 g/mol. The van der Waals surface area contributed by atoms with E-state index < -0.39 is 0 Å². The van der Waals surface area contributed by atoms with Gasteiger partial charge in [-0.05, 0) is 71.1 Å². The van der Waals surface area contributed by atoms with Gasteiger partial charge in [0.05, 0.1) is 12.2 Å². The largest absolute Gasteiger partial charge is 0.376 e. The van der Waals surface area contributed by atoms with Crippen molar-refractivity contribution in [2.75, 3.05) is 39.3 Å². The molecule has 0 fully saturated rings. The van der Waals surface area contributed by atoms with E-state index >= 15 is 0 Å². The summed E-state index contributed by atoms with van der Waals surface area (Å²) in [5.74, 6) is 0.507. The second-order valence-corrected chi connectivity index (χ2v) is 8.07. The van der Waals surface area contributed by atoms with Crippen LogP contribution in [0.4, 0.5) is 0 Å². The Morgan fingerprint density at radius 1 is 0.905 bits per heavy atom. The maximum atomic E-state index is 6.05. The maximum absolute atomic E-state index is 6.05. The van der Waals surface area contributed by atoms with E-state index in [1.807, 2.05) is 0 Å². The average Bonchev–Trinajstić information content (AvgIpc) is 2.34. The van der Waals surface area contributed by atoms with Gasteiger partial charge in [-0.2, -0.15) is 0 Å². The van der Waals surface area contributed by atoms with Crippen molar-refractivity contribution >= 4 is 0 Å². The van der Waals surface area contributed by atoms with Crippen LogP contribution in [0.1, 0.15) is 54.4 Å². The van der Waals surface area contributed by atoms with Gasteiger partial charge in [0.2, 0.25) is 0 Å². The highest BCUT2D eigenvalue weighted by Crippen LogP contribution is 2.28. The molecule has 0 bridgehead atoms. The van der Waals surface area contributed by atoms with Gasteiger partial charge in [-0.1, -0.05) is 20.8 Å². The minimum absolute atomic E-state index is 0.0805. The van der Waals surface area contributed by atoms with Crippen molar-refractivity contribution in [2.45, 2.75) is 60.0 Å². The molecule has 0 aliphatic rings. The highest BCUT2D eigenvalue weighted by Gasteiger charge is 2.28. The van der Waals surface area contributed by atoms with Crippen LogP contribution >= 0.6 is 0 Å². The molecule has 0 radical (unpaired) electrons. The molecule has 4 N–H and O–H groups in total. The third-order valence-corrected chi connectivity index (χ3v) is 3.78. The molecule has 0 saturated heterocycles. The van der Waals surface area contributed by atoms with E-state index in [1.165, 1.54) is 0 Å². The minimum atomic E-state index is -0.0805. The van der Waals surface area contributed by atoms with Crippen LogP contribution in [0.25, 0.3) is 0 Å². The van der Waals surface area contributed by atoms with Crippen LogP contribution in [0.5, 0.6) is 0 Å². The molecule has 0 amide bonds. The minimum Gasteiger partial charge on any atom is -0.376 e. The number of rotatable bonds is 10. The molecule has 4 heteroatoms. The van der Waals surface area contributed by atoms with Crippen LogP contribution in [-0.4, -0.2) is 49.8 Å². The van der Waals surface area contributed by atoms with Crippen molar-refractivity contribution in [3.05, 3.63) is 0 Å². The Balaban J connectivity index is 4.63. The molecule has 0 aliphatic carbocycles. The normalized spacial score (nSPS) is 14.7. The molecule has 1 atom stereocenters. The molecule has 0 saturated carbocycles.